The van der Waals surface area contributed by atoms with Crippen molar-refractivity contribution >= 4 is 23.7 Å². The van der Waals surface area contributed by atoms with Gasteiger partial charge in [0.15, 0.2) is 0 Å². The average Bonchev–Trinajstić information content (AvgIpc) is 2.46. The number of amides is 3. The Bertz CT molecular complexity index is 501. The summed E-state index contributed by atoms with van der Waals surface area (Å²) in [5.74, 6) is 1.33. The summed E-state index contributed by atoms with van der Waals surface area (Å²) in [5, 5.41) is 5.43. The summed E-state index contributed by atoms with van der Waals surface area (Å²) in [7, 11) is 0. The van der Waals surface area contributed by atoms with Crippen LogP contribution in [0, 0.1) is 12.3 Å². The van der Waals surface area contributed by atoms with Crippen LogP contribution < -0.4 is 16.4 Å². The van der Waals surface area contributed by atoms with Gasteiger partial charge in [0, 0.05) is 24.6 Å². The van der Waals surface area contributed by atoms with E-state index >= 15 is 0 Å². The third-order valence-corrected chi connectivity index (χ3v) is 4.31. The van der Waals surface area contributed by atoms with Crippen LogP contribution in [0.1, 0.15) is 25.0 Å². The van der Waals surface area contributed by atoms with Crippen molar-refractivity contribution in [2.24, 2.45) is 11.1 Å². The first-order chi connectivity index (χ1) is 10.3. The fraction of sp³-hybridized carbons (Fsp3) is 0.500. The highest BCUT2D eigenvalue weighted by molar-refractivity contribution is 7.98. The molecule has 1 rings (SSSR count). The molecule has 4 N–H and O–H groups in total. The fourth-order valence-corrected chi connectivity index (χ4v) is 2.38. The minimum Gasteiger partial charge on any atom is -0.369 e. The van der Waals surface area contributed by atoms with E-state index in [4.69, 9.17) is 5.73 Å². The predicted octanol–water partition coefficient (Wildman–Crippen LogP) is 2.04. The molecule has 1 aromatic rings. The van der Waals surface area contributed by atoms with Crippen molar-refractivity contribution in [3.63, 3.8) is 0 Å². The number of carbonyl (C=O) groups is 2. The topological polar surface area (TPSA) is 84.2 Å². The minimum absolute atomic E-state index is 0.227. The van der Waals surface area contributed by atoms with Crippen molar-refractivity contribution in [1.82, 2.24) is 10.6 Å². The number of nitrogens with one attached hydrogen (secondary N) is 2. The van der Waals surface area contributed by atoms with Gasteiger partial charge in [-0.25, -0.2) is 4.79 Å². The molecule has 0 unspecified atom stereocenters. The van der Waals surface area contributed by atoms with Gasteiger partial charge in [-0.2, -0.15) is 11.8 Å². The van der Waals surface area contributed by atoms with Crippen molar-refractivity contribution in [3.05, 3.63) is 35.4 Å². The van der Waals surface area contributed by atoms with E-state index in [1.54, 1.807) is 25.6 Å². The van der Waals surface area contributed by atoms with Crippen LogP contribution in [-0.2, 0) is 10.5 Å². The number of hydrogen-bond donors (Lipinski definition) is 3. The molecule has 3 amide bonds. The number of hydrogen-bond acceptors (Lipinski definition) is 3. The smallest absolute Gasteiger partial charge is 0.314 e. The molecule has 0 saturated carbocycles. The summed E-state index contributed by atoms with van der Waals surface area (Å²) < 4.78 is 0. The number of rotatable bonds is 8. The van der Waals surface area contributed by atoms with Gasteiger partial charge in [-0.3, -0.25) is 4.79 Å². The summed E-state index contributed by atoms with van der Waals surface area (Å²) in [4.78, 5) is 22.7. The quantitative estimate of drug-likeness (QED) is 0.640. The molecule has 122 valence electrons. The van der Waals surface area contributed by atoms with E-state index < -0.39 is 11.3 Å². The summed E-state index contributed by atoms with van der Waals surface area (Å²) in [6.45, 7) is 6.28. The summed E-state index contributed by atoms with van der Waals surface area (Å²) in [6.07, 6.45) is 0. The molecule has 0 aliphatic rings. The first kappa shape index (κ1) is 18.4. The summed E-state index contributed by atoms with van der Waals surface area (Å²) >= 11 is 1.77. The third-order valence-electron chi connectivity index (χ3n) is 3.28. The number of primary amides is 1. The molecule has 0 atom stereocenters. The highest BCUT2D eigenvalue weighted by Crippen LogP contribution is 2.13. The Morgan fingerprint density at radius 1 is 1.18 bits per heavy atom. The number of carbonyl (C=O) groups excluding carboxylic acids is 2. The van der Waals surface area contributed by atoms with Gasteiger partial charge in [0.2, 0.25) is 5.91 Å². The van der Waals surface area contributed by atoms with E-state index in [-0.39, 0.29) is 12.6 Å². The van der Waals surface area contributed by atoms with Crippen molar-refractivity contribution < 1.29 is 9.59 Å². The van der Waals surface area contributed by atoms with Crippen LogP contribution >= 0.6 is 11.8 Å². The van der Waals surface area contributed by atoms with Gasteiger partial charge in [-0.15, -0.1) is 0 Å². The molecule has 0 fully saturated rings. The Hall–Kier alpha value is -1.69. The van der Waals surface area contributed by atoms with Crippen molar-refractivity contribution in [1.29, 1.82) is 0 Å². The van der Waals surface area contributed by atoms with Crippen LogP contribution in [0.25, 0.3) is 0 Å². The zero-order valence-corrected chi connectivity index (χ0v) is 14.3. The van der Waals surface area contributed by atoms with Crippen LogP contribution in [0.4, 0.5) is 4.79 Å². The van der Waals surface area contributed by atoms with Crippen molar-refractivity contribution in [2.75, 3.05) is 18.8 Å². The number of thioether (sulfide) groups is 1. The van der Waals surface area contributed by atoms with Gasteiger partial charge >= 0.3 is 6.03 Å². The standard InChI is InChI=1S/C16H25N3O2S/c1-12-4-6-13(7-5-12)10-22-9-8-18-15(21)19-11-16(2,3)14(17)20/h4-7H,8-11H2,1-3H3,(H2,17,20)(H2,18,19,21). The summed E-state index contributed by atoms with van der Waals surface area (Å²) in [5.41, 5.74) is 7.04. The zero-order chi connectivity index (χ0) is 16.6. The van der Waals surface area contributed by atoms with Crippen LogP contribution in [-0.4, -0.2) is 30.8 Å². The number of aryl methyl sites for hydroxylation is 1. The molecule has 0 aliphatic heterocycles. The zero-order valence-electron chi connectivity index (χ0n) is 13.4. The minimum atomic E-state index is -0.739. The Morgan fingerprint density at radius 3 is 2.41 bits per heavy atom. The lowest BCUT2D eigenvalue weighted by Gasteiger charge is -2.20. The molecule has 5 nitrogen and oxygen atoms in total. The maximum Gasteiger partial charge on any atom is 0.314 e. The molecular formula is C16H25N3O2S. The molecule has 6 heteroatoms. The second-order valence-electron chi connectivity index (χ2n) is 5.90. The second-order valence-corrected chi connectivity index (χ2v) is 7.00. The van der Waals surface area contributed by atoms with Gasteiger partial charge in [0.1, 0.15) is 0 Å². The molecule has 22 heavy (non-hydrogen) atoms. The first-order valence-electron chi connectivity index (χ1n) is 7.26. The van der Waals surface area contributed by atoms with E-state index in [1.807, 2.05) is 0 Å². The van der Waals surface area contributed by atoms with Crippen molar-refractivity contribution in [2.45, 2.75) is 26.5 Å². The normalized spacial score (nSPS) is 11.0. The Labute approximate surface area is 136 Å². The monoisotopic (exact) mass is 323 g/mol. The second kappa shape index (κ2) is 8.68. The van der Waals surface area contributed by atoms with E-state index in [0.717, 1.165) is 11.5 Å². The maximum atomic E-state index is 11.6. The maximum absolute atomic E-state index is 11.6. The largest absolute Gasteiger partial charge is 0.369 e. The Morgan fingerprint density at radius 2 is 1.82 bits per heavy atom. The molecule has 0 spiro atoms. The van der Waals surface area contributed by atoms with E-state index in [2.05, 4.69) is 41.8 Å². The van der Waals surface area contributed by atoms with E-state index in [0.29, 0.717) is 6.54 Å². The molecule has 1 aromatic carbocycles. The molecule has 0 heterocycles. The predicted molar refractivity (Wildman–Crippen MR) is 91.7 cm³/mol. The lowest BCUT2D eigenvalue weighted by atomic mass is 9.93. The molecule has 0 aliphatic carbocycles. The Kier molecular flexibility index (Phi) is 7.24. The molecule has 0 radical (unpaired) electrons. The lowest BCUT2D eigenvalue weighted by molar-refractivity contribution is -0.125. The van der Waals surface area contributed by atoms with Crippen molar-refractivity contribution in [3.8, 4) is 0 Å². The van der Waals surface area contributed by atoms with Gasteiger partial charge in [0.05, 0.1) is 5.41 Å². The highest BCUT2D eigenvalue weighted by atomic mass is 32.2. The van der Waals surface area contributed by atoms with E-state index in [9.17, 15) is 9.59 Å². The molecule has 0 bridgehead atoms. The summed E-state index contributed by atoms with van der Waals surface area (Å²) in [6, 6.07) is 8.16. The number of urea groups is 1. The van der Waals surface area contributed by atoms with Crippen LogP contribution in [0.3, 0.4) is 0 Å². The van der Waals surface area contributed by atoms with Crippen LogP contribution in [0.2, 0.25) is 0 Å². The Balaban J connectivity index is 2.12. The number of nitrogens with two attached hydrogens (primary N) is 1. The molecule has 0 aromatic heterocycles. The molecular weight excluding hydrogens is 298 g/mol. The fourth-order valence-electron chi connectivity index (χ4n) is 1.56. The lowest BCUT2D eigenvalue weighted by Crippen LogP contribution is -2.46. The third kappa shape index (κ3) is 6.85. The SMILES string of the molecule is Cc1ccc(CSCCNC(=O)NCC(C)(C)C(N)=O)cc1. The highest BCUT2D eigenvalue weighted by Gasteiger charge is 2.25. The van der Waals surface area contributed by atoms with E-state index in [1.165, 1.54) is 11.1 Å². The van der Waals surface area contributed by atoms with Gasteiger partial charge in [-0.1, -0.05) is 29.8 Å². The van der Waals surface area contributed by atoms with Gasteiger partial charge in [0.25, 0.3) is 0 Å². The van der Waals surface area contributed by atoms with Crippen LogP contribution in [0.5, 0.6) is 0 Å². The van der Waals surface area contributed by atoms with Crippen LogP contribution in [0.15, 0.2) is 24.3 Å². The number of benzene rings is 1. The van der Waals surface area contributed by atoms with Gasteiger partial charge in [-0.05, 0) is 26.3 Å². The average molecular weight is 323 g/mol. The van der Waals surface area contributed by atoms with Gasteiger partial charge < -0.3 is 16.4 Å². The first-order valence-corrected chi connectivity index (χ1v) is 8.41. The molecule has 0 saturated heterocycles.